The third-order valence-electron chi connectivity index (χ3n) is 4.07. The highest BCUT2D eigenvalue weighted by Crippen LogP contribution is 2.18. The Balaban J connectivity index is 1.70. The highest BCUT2D eigenvalue weighted by atomic mass is 16.4. The second kappa shape index (κ2) is 6.28. The fraction of sp³-hybridized carbons (Fsp3) is 0.438. The lowest BCUT2D eigenvalue weighted by molar-refractivity contribution is -0.144. The lowest BCUT2D eigenvalue weighted by Crippen LogP contribution is -2.36. The van der Waals surface area contributed by atoms with Crippen molar-refractivity contribution >= 4 is 11.9 Å². The monoisotopic (exact) mass is 317 g/mol. The van der Waals surface area contributed by atoms with E-state index in [1.807, 2.05) is 25.1 Å². The van der Waals surface area contributed by atoms with Crippen LogP contribution in [0.2, 0.25) is 0 Å². The Hall–Kier alpha value is -2.57. The van der Waals surface area contributed by atoms with E-state index in [0.717, 1.165) is 17.2 Å². The summed E-state index contributed by atoms with van der Waals surface area (Å²) in [4.78, 5) is 25.5. The summed E-state index contributed by atoms with van der Waals surface area (Å²) in [6, 6.07) is 5.55. The van der Waals surface area contributed by atoms with Crippen molar-refractivity contribution in [3.63, 3.8) is 0 Å². The molecule has 7 nitrogen and oxygen atoms in total. The van der Waals surface area contributed by atoms with Crippen LogP contribution >= 0.6 is 0 Å². The number of rotatable bonds is 4. The van der Waals surface area contributed by atoms with Crippen LogP contribution in [0.3, 0.4) is 0 Å². The SMILES string of the molecule is Cc1ccc(CCC(=O)N2Cc3ccnn3CC(C(=O)O)C2)o1. The molecule has 3 rings (SSSR count). The van der Waals surface area contributed by atoms with Gasteiger partial charge in [-0.2, -0.15) is 5.10 Å². The number of hydrogen-bond donors (Lipinski definition) is 1. The molecular formula is C16H19N3O4. The van der Waals surface area contributed by atoms with Crippen LogP contribution < -0.4 is 0 Å². The van der Waals surface area contributed by atoms with Crippen LogP contribution in [-0.2, 0) is 29.1 Å². The van der Waals surface area contributed by atoms with Crippen molar-refractivity contribution in [2.24, 2.45) is 5.92 Å². The summed E-state index contributed by atoms with van der Waals surface area (Å²) in [5, 5.41) is 13.5. The predicted octanol–water partition coefficient (Wildman–Crippen LogP) is 1.46. The third kappa shape index (κ3) is 3.44. The minimum atomic E-state index is -0.909. The molecule has 2 aromatic heterocycles. The maximum Gasteiger partial charge on any atom is 0.310 e. The molecule has 23 heavy (non-hydrogen) atoms. The van der Waals surface area contributed by atoms with Crippen LogP contribution in [0.25, 0.3) is 0 Å². The van der Waals surface area contributed by atoms with Crippen molar-refractivity contribution in [2.75, 3.05) is 6.54 Å². The lowest BCUT2D eigenvalue weighted by atomic mass is 10.1. The lowest BCUT2D eigenvalue weighted by Gasteiger charge is -2.22. The number of carboxylic acids is 1. The molecule has 1 aliphatic rings. The number of fused-ring (bicyclic) bond motifs is 1. The molecule has 0 aliphatic carbocycles. The Labute approximate surface area is 133 Å². The highest BCUT2D eigenvalue weighted by molar-refractivity contribution is 5.78. The van der Waals surface area contributed by atoms with E-state index in [-0.39, 0.29) is 12.5 Å². The summed E-state index contributed by atoms with van der Waals surface area (Å²) < 4.78 is 7.14. The van der Waals surface area contributed by atoms with Crippen molar-refractivity contribution < 1.29 is 19.1 Å². The maximum absolute atomic E-state index is 12.5. The van der Waals surface area contributed by atoms with Crippen LogP contribution in [-0.4, -0.2) is 38.2 Å². The van der Waals surface area contributed by atoms with Gasteiger partial charge in [0.05, 0.1) is 24.7 Å². The highest BCUT2D eigenvalue weighted by Gasteiger charge is 2.29. The second-order valence-electron chi connectivity index (χ2n) is 5.83. The first-order valence-electron chi connectivity index (χ1n) is 7.59. The number of nitrogens with zero attached hydrogens (tertiary/aromatic N) is 3. The Bertz CT molecular complexity index is 718. The zero-order chi connectivity index (χ0) is 16.4. The fourth-order valence-electron chi connectivity index (χ4n) is 2.81. The zero-order valence-corrected chi connectivity index (χ0v) is 12.9. The molecule has 1 aliphatic heterocycles. The van der Waals surface area contributed by atoms with Crippen LogP contribution in [0, 0.1) is 12.8 Å². The summed E-state index contributed by atoms with van der Waals surface area (Å²) in [7, 11) is 0. The minimum Gasteiger partial charge on any atom is -0.481 e. The number of aromatic nitrogens is 2. The average molecular weight is 317 g/mol. The second-order valence-corrected chi connectivity index (χ2v) is 5.83. The van der Waals surface area contributed by atoms with Gasteiger partial charge in [0.25, 0.3) is 0 Å². The van der Waals surface area contributed by atoms with Gasteiger partial charge in [0.2, 0.25) is 5.91 Å². The summed E-state index contributed by atoms with van der Waals surface area (Å²) in [5.74, 6) is -0.0405. The third-order valence-corrected chi connectivity index (χ3v) is 4.07. The largest absolute Gasteiger partial charge is 0.481 e. The van der Waals surface area contributed by atoms with Gasteiger partial charge in [-0.15, -0.1) is 0 Å². The molecule has 1 unspecified atom stereocenters. The van der Waals surface area contributed by atoms with Gasteiger partial charge in [-0.1, -0.05) is 0 Å². The number of carbonyl (C=O) groups is 2. The van der Waals surface area contributed by atoms with Crippen molar-refractivity contribution in [2.45, 2.75) is 32.9 Å². The van der Waals surface area contributed by atoms with Crippen molar-refractivity contribution in [1.82, 2.24) is 14.7 Å². The molecule has 1 atom stereocenters. The number of hydrogen-bond acceptors (Lipinski definition) is 4. The van der Waals surface area contributed by atoms with Crippen LogP contribution in [0.1, 0.15) is 23.6 Å². The summed E-state index contributed by atoms with van der Waals surface area (Å²) in [6.07, 6.45) is 2.45. The molecule has 0 aromatic carbocycles. The van der Waals surface area contributed by atoms with E-state index in [1.165, 1.54) is 0 Å². The van der Waals surface area contributed by atoms with E-state index >= 15 is 0 Å². The first-order valence-corrected chi connectivity index (χ1v) is 7.59. The van der Waals surface area contributed by atoms with E-state index < -0.39 is 11.9 Å². The predicted molar refractivity (Wildman–Crippen MR) is 80.5 cm³/mol. The molecule has 1 amide bonds. The topological polar surface area (TPSA) is 88.6 Å². The van der Waals surface area contributed by atoms with Gasteiger partial charge in [-0.3, -0.25) is 14.3 Å². The molecule has 0 spiro atoms. The van der Waals surface area contributed by atoms with E-state index in [2.05, 4.69) is 5.10 Å². The molecule has 0 saturated heterocycles. The number of aryl methyl sites for hydroxylation is 2. The first kappa shape index (κ1) is 15.3. The minimum absolute atomic E-state index is 0.0695. The van der Waals surface area contributed by atoms with Crippen molar-refractivity contribution in [3.05, 3.63) is 41.6 Å². The first-order chi connectivity index (χ1) is 11.0. The Kier molecular flexibility index (Phi) is 4.18. The summed E-state index contributed by atoms with van der Waals surface area (Å²) in [5.41, 5.74) is 0.857. The molecule has 0 bridgehead atoms. The summed E-state index contributed by atoms with van der Waals surface area (Å²) in [6.45, 7) is 2.74. The van der Waals surface area contributed by atoms with Gasteiger partial charge in [0.1, 0.15) is 11.5 Å². The quantitative estimate of drug-likeness (QED) is 0.922. The van der Waals surface area contributed by atoms with Gasteiger partial charge in [0, 0.05) is 25.6 Å². The number of aliphatic carboxylic acids is 1. The van der Waals surface area contributed by atoms with Crippen LogP contribution in [0.5, 0.6) is 0 Å². The number of carbonyl (C=O) groups excluding carboxylic acids is 1. The molecule has 122 valence electrons. The fourth-order valence-corrected chi connectivity index (χ4v) is 2.81. The van der Waals surface area contributed by atoms with Gasteiger partial charge in [0.15, 0.2) is 0 Å². The van der Waals surface area contributed by atoms with E-state index in [4.69, 9.17) is 4.42 Å². The Morgan fingerprint density at radius 1 is 1.35 bits per heavy atom. The summed E-state index contributed by atoms with van der Waals surface area (Å²) >= 11 is 0. The van der Waals surface area contributed by atoms with Gasteiger partial charge in [-0.05, 0) is 25.1 Å². The molecular weight excluding hydrogens is 298 g/mol. The van der Waals surface area contributed by atoms with Crippen LogP contribution in [0.4, 0.5) is 0 Å². The maximum atomic E-state index is 12.5. The Morgan fingerprint density at radius 2 is 2.17 bits per heavy atom. The number of amides is 1. The van der Waals surface area contributed by atoms with Gasteiger partial charge in [-0.25, -0.2) is 0 Å². The number of carboxylic acid groups (broad SMARTS) is 1. The molecule has 0 saturated carbocycles. The molecule has 2 aromatic rings. The Morgan fingerprint density at radius 3 is 2.87 bits per heavy atom. The van der Waals surface area contributed by atoms with E-state index in [0.29, 0.717) is 25.9 Å². The van der Waals surface area contributed by atoms with E-state index in [9.17, 15) is 14.7 Å². The molecule has 7 heteroatoms. The number of furan rings is 1. The van der Waals surface area contributed by atoms with Gasteiger partial charge < -0.3 is 14.4 Å². The standard InChI is InChI=1S/C16H19N3O4/c1-11-2-3-14(23-11)4-5-15(20)18-8-12(16(21)22)9-19-13(10-18)6-7-17-19/h2-3,6-7,12H,4-5,8-10H2,1H3,(H,21,22). The molecule has 0 radical (unpaired) electrons. The van der Waals surface area contributed by atoms with Gasteiger partial charge >= 0.3 is 5.97 Å². The smallest absolute Gasteiger partial charge is 0.310 e. The zero-order valence-electron chi connectivity index (χ0n) is 12.9. The van der Waals surface area contributed by atoms with E-state index in [1.54, 1.807) is 15.8 Å². The van der Waals surface area contributed by atoms with Crippen LogP contribution in [0.15, 0.2) is 28.8 Å². The molecule has 0 fully saturated rings. The molecule has 3 heterocycles. The molecule has 1 N–H and O–H groups in total. The normalized spacial score (nSPS) is 17.6. The average Bonchev–Trinajstić information content (AvgIpc) is 3.08. The van der Waals surface area contributed by atoms with Crippen molar-refractivity contribution in [3.8, 4) is 0 Å². The van der Waals surface area contributed by atoms with Crippen molar-refractivity contribution in [1.29, 1.82) is 0 Å².